The summed E-state index contributed by atoms with van der Waals surface area (Å²) in [5, 5.41) is 2.61. The van der Waals surface area contributed by atoms with Crippen molar-refractivity contribution in [3.05, 3.63) is 24.3 Å². The van der Waals surface area contributed by atoms with E-state index in [1.54, 1.807) is 24.3 Å². The van der Waals surface area contributed by atoms with Crippen molar-refractivity contribution in [1.29, 1.82) is 0 Å². The number of rotatable bonds is 8. The van der Waals surface area contributed by atoms with Crippen molar-refractivity contribution in [2.45, 2.75) is 6.42 Å². The number of sulfonamides is 1. The lowest BCUT2D eigenvalue weighted by Crippen LogP contribution is -2.18. The second-order valence-corrected chi connectivity index (χ2v) is 6.24. The van der Waals surface area contributed by atoms with Gasteiger partial charge in [0, 0.05) is 24.4 Å². The lowest BCUT2D eigenvalue weighted by atomic mass is 10.3. The third-order valence-electron chi connectivity index (χ3n) is 2.26. The van der Waals surface area contributed by atoms with Crippen LogP contribution in [-0.4, -0.2) is 39.7 Å². The number of benzene rings is 1. The van der Waals surface area contributed by atoms with Gasteiger partial charge in [0.15, 0.2) is 0 Å². The fraction of sp³-hybridized carbons (Fsp3) is 0.417. The van der Waals surface area contributed by atoms with E-state index in [1.807, 2.05) is 0 Å². The van der Waals surface area contributed by atoms with Crippen LogP contribution in [0.25, 0.3) is 0 Å². The summed E-state index contributed by atoms with van der Waals surface area (Å²) >= 11 is 5.46. The second kappa shape index (κ2) is 8.08. The molecule has 0 aliphatic rings. The van der Waals surface area contributed by atoms with Crippen LogP contribution in [0.4, 0.5) is 11.4 Å². The molecule has 0 fully saturated rings. The van der Waals surface area contributed by atoms with Crippen LogP contribution in [0.3, 0.4) is 0 Å². The van der Waals surface area contributed by atoms with Gasteiger partial charge in [-0.3, -0.25) is 9.52 Å². The Morgan fingerprint density at radius 3 is 2.40 bits per heavy atom. The summed E-state index contributed by atoms with van der Waals surface area (Å²) in [6.45, 7) is -0.0349. The molecule has 0 aliphatic carbocycles. The molecule has 112 valence electrons. The zero-order valence-corrected chi connectivity index (χ0v) is 12.6. The Labute approximate surface area is 123 Å². The van der Waals surface area contributed by atoms with Crippen LogP contribution in [0.5, 0.6) is 0 Å². The maximum Gasteiger partial charge on any atom is 0.250 e. The Morgan fingerprint density at radius 1 is 1.25 bits per heavy atom. The first-order chi connectivity index (χ1) is 9.46. The Bertz CT molecular complexity index is 531. The van der Waals surface area contributed by atoms with Crippen LogP contribution in [0.15, 0.2) is 24.3 Å². The molecular weight excluding hydrogens is 304 g/mol. The SMILES string of the molecule is COCC(=O)Nc1ccc(NS(=O)(=O)CCCCl)cc1. The number of anilines is 2. The Kier molecular flexibility index (Phi) is 6.77. The summed E-state index contributed by atoms with van der Waals surface area (Å²) in [5.41, 5.74) is 1.00. The van der Waals surface area contributed by atoms with Gasteiger partial charge in [-0.25, -0.2) is 8.42 Å². The maximum absolute atomic E-state index is 11.7. The largest absolute Gasteiger partial charge is 0.375 e. The van der Waals surface area contributed by atoms with E-state index in [1.165, 1.54) is 7.11 Å². The number of carbonyl (C=O) groups excluding carboxylic acids is 1. The van der Waals surface area contributed by atoms with Crippen LogP contribution in [0.1, 0.15) is 6.42 Å². The maximum atomic E-state index is 11.7. The highest BCUT2D eigenvalue weighted by Crippen LogP contribution is 2.15. The van der Waals surface area contributed by atoms with Crippen molar-refractivity contribution >= 4 is 38.9 Å². The van der Waals surface area contributed by atoms with Gasteiger partial charge in [-0.15, -0.1) is 11.6 Å². The number of carbonyl (C=O) groups is 1. The normalized spacial score (nSPS) is 11.1. The Balaban J connectivity index is 2.60. The van der Waals surface area contributed by atoms with Crippen molar-refractivity contribution in [3.63, 3.8) is 0 Å². The molecule has 0 heterocycles. The van der Waals surface area contributed by atoms with Crippen LogP contribution in [-0.2, 0) is 19.6 Å². The van der Waals surface area contributed by atoms with E-state index in [2.05, 4.69) is 14.8 Å². The van der Waals surface area contributed by atoms with Crippen molar-refractivity contribution in [1.82, 2.24) is 0 Å². The van der Waals surface area contributed by atoms with Gasteiger partial charge in [-0.2, -0.15) is 0 Å². The molecule has 0 bridgehead atoms. The van der Waals surface area contributed by atoms with Crippen molar-refractivity contribution < 1.29 is 17.9 Å². The van der Waals surface area contributed by atoms with Crippen molar-refractivity contribution in [2.75, 3.05) is 35.4 Å². The van der Waals surface area contributed by atoms with Gasteiger partial charge in [-0.05, 0) is 30.7 Å². The Morgan fingerprint density at radius 2 is 1.85 bits per heavy atom. The third-order valence-corrected chi connectivity index (χ3v) is 3.90. The topological polar surface area (TPSA) is 84.5 Å². The minimum absolute atomic E-state index is 0.0250. The first-order valence-corrected chi connectivity index (χ1v) is 8.11. The van der Waals surface area contributed by atoms with Gasteiger partial charge in [0.2, 0.25) is 15.9 Å². The molecule has 0 spiro atoms. The zero-order valence-electron chi connectivity index (χ0n) is 11.1. The molecule has 1 rings (SSSR count). The van der Waals surface area contributed by atoms with E-state index in [9.17, 15) is 13.2 Å². The summed E-state index contributed by atoms with van der Waals surface area (Å²) in [6.07, 6.45) is 0.391. The molecule has 0 radical (unpaired) electrons. The predicted molar refractivity (Wildman–Crippen MR) is 79.7 cm³/mol. The summed E-state index contributed by atoms with van der Waals surface area (Å²) in [5.74, 6) is -0.00302. The number of alkyl halides is 1. The predicted octanol–water partition coefficient (Wildman–Crippen LogP) is 1.64. The van der Waals surface area contributed by atoms with Gasteiger partial charge >= 0.3 is 0 Å². The van der Waals surface area contributed by atoms with E-state index >= 15 is 0 Å². The number of hydrogen-bond acceptors (Lipinski definition) is 4. The molecule has 2 N–H and O–H groups in total. The van der Waals surface area contributed by atoms with Crippen LogP contribution >= 0.6 is 11.6 Å². The first kappa shape index (κ1) is 16.7. The number of methoxy groups -OCH3 is 1. The highest BCUT2D eigenvalue weighted by atomic mass is 35.5. The minimum Gasteiger partial charge on any atom is -0.375 e. The molecule has 0 atom stereocenters. The molecule has 0 aromatic heterocycles. The van der Waals surface area contributed by atoms with E-state index < -0.39 is 10.0 Å². The van der Waals surface area contributed by atoms with Gasteiger partial charge in [-0.1, -0.05) is 0 Å². The lowest BCUT2D eigenvalue weighted by molar-refractivity contribution is -0.119. The molecule has 0 saturated carbocycles. The number of nitrogens with one attached hydrogen (secondary N) is 2. The summed E-state index contributed by atoms with van der Waals surface area (Å²) in [7, 11) is -1.95. The van der Waals surface area contributed by atoms with Gasteiger partial charge in [0.1, 0.15) is 6.61 Å². The molecule has 1 aromatic rings. The van der Waals surface area contributed by atoms with Crippen molar-refractivity contribution in [2.24, 2.45) is 0 Å². The van der Waals surface area contributed by atoms with E-state index in [0.717, 1.165) is 0 Å². The first-order valence-electron chi connectivity index (χ1n) is 5.92. The quantitative estimate of drug-likeness (QED) is 0.713. The molecular formula is C12H17ClN2O4S. The molecule has 0 saturated heterocycles. The molecule has 1 amide bonds. The molecule has 0 unspecified atom stereocenters. The van der Waals surface area contributed by atoms with Crippen LogP contribution < -0.4 is 10.0 Å². The summed E-state index contributed by atoms with van der Waals surface area (Å²) in [4.78, 5) is 11.3. The molecule has 1 aromatic carbocycles. The molecule has 20 heavy (non-hydrogen) atoms. The average Bonchev–Trinajstić information content (AvgIpc) is 2.39. The van der Waals surface area contributed by atoms with Gasteiger partial charge < -0.3 is 10.1 Å². The number of ether oxygens (including phenoxy) is 1. The third kappa shape index (κ3) is 6.23. The standard InChI is InChI=1S/C12H17ClN2O4S/c1-19-9-12(16)14-10-3-5-11(6-4-10)15-20(17,18)8-2-7-13/h3-6,15H,2,7-9H2,1H3,(H,14,16). The average molecular weight is 321 g/mol. The monoisotopic (exact) mass is 320 g/mol. The van der Waals surface area contributed by atoms with Crippen LogP contribution in [0.2, 0.25) is 0 Å². The molecule has 6 nitrogen and oxygen atoms in total. The molecule has 8 heteroatoms. The van der Waals surface area contributed by atoms with Gasteiger partial charge in [0.05, 0.1) is 5.75 Å². The smallest absolute Gasteiger partial charge is 0.250 e. The fourth-order valence-electron chi connectivity index (χ4n) is 1.42. The summed E-state index contributed by atoms with van der Waals surface area (Å²) in [6, 6.07) is 6.35. The van der Waals surface area contributed by atoms with Crippen LogP contribution in [0, 0.1) is 0 Å². The minimum atomic E-state index is -3.38. The highest BCUT2D eigenvalue weighted by molar-refractivity contribution is 7.92. The summed E-state index contributed by atoms with van der Waals surface area (Å²) < 4.78 is 30.4. The van der Waals surface area contributed by atoms with Gasteiger partial charge in [0.25, 0.3) is 0 Å². The second-order valence-electron chi connectivity index (χ2n) is 4.02. The van der Waals surface area contributed by atoms with Crippen molar-refractivity contribution in [3.8, 4) is 0 Å². The number of hydrogen-bond donors (Lipinski definition) is 2. The van der Waals surface area contributed by atoms with E-state index in [-0.39, 0.29) is 18.3 Å². The van der Waals surface area contributed by atoms with E-state index in [0.29, 0.717) is 23.7 Å². The van der Waals surface area contributed by atoms with E-state index in [4.69, 9.17) is 11.6 Å². The highest BCUT2D eigenvalue weighted by Gasteiger charge is 2.09. The fourth-order valence-corrected chi connectivity index (χ4v) is 2.84. The number of amides is 1. The Hall–Kier alpha value is -1.31. The molecule has 0 aliphatic heterocycles. The lowest BCUT2D eigenvalue weighted by Gasteiger charge is -2.09. The zero-order chi connectivity index (χ0) is 15.0. The number of halogens is 1.